The van der Waals surface area contributed by atoms with Gasteiger partial charge in [0.05, 0.1) is 48.4 Å². The normalized spacial score (nSPS) is 12.7. The van der Waals surface area contributed by atoms with Crippen LogP contribution in [0.5, 0.6) is 0 Å². The second-order valence-electron chi connectivity index (χ2n) is 30.1. The highest BCUT2D eigenvalue weighted by Gasteiger charge is 2.33. The lowest BCUT2D eigenvalue weighted by Gasteiger charge is -2.16. The molecule has 0 fully saturated rings. The van der Waals surface area contributed by atoms with E-state index in [1.165, 1.54) is 117 Å². The molecule has 0 radical (unpaired) electrons. The van der Waals surface area contributed by atoms with Gasteiger partial charge in [0.15, 0.2) is 0 Å². The van der Waals surface area contributed by atoms with Crippen LogP contribution in [-0.2, 0) is 0 Å². The molecule has 0 atom stereocenters. The molecule has 18 heteroatoms. The van der Waals surface area contributed by atoms with Crippen LogP contribution in [0.15, 0.2) is 109 Å². The summed E-state index contributed by atoms with van der Waals surface area (Å²) in [5, 5.41) is 9.67. The molecule has 0 aliphatic rings. The van der Waals surface area contributed by atoms with E-state index in [0.29, 0.717) is 0 Å². The van der Waals surface area contributed by atoms with Crippen molar-refractivity contribution in [2.24, 2.45) is 0 Å². The molecule has 0 spiro atoms. The van der Waals surface area contributed by atoms with Crippen molar-refractivity contribution in [1.82, 2.24) is 0 Å². The molecule has 0 saturated carbocycles. The molecule has 0 saturated heterocycles. The highest BCUT2D eigenvalue weighted by Crippen LogP contribution is 2.47. The van der Waals surface area contributed by atoms with Gasteiger partial charge in [0.2, 0.25) is 0 Å². The maximum absolute atomic E-state index is 2.53. The van der Waals surface area contributed by atoms with Gasteiger partial charge in [-0.15, -0.1) is 136 Å². The average Bonchev–Trinajstić information content (AvgIpc) is 1.73. The molecule has 12 rings (SSSR count). The maximum Gasteiger partial charge on any atom is 0.0795 e. The van der Waals surface area contributed by atoms with Gasteiger partial charge in [-0.3, -0.25) is 0 Å². The first-order chi connectivity index (χ1) is 41.8. The Balaban J connectivity index is 0.000000148. The van der Waals surface area contributed by atoms with Crippen LogP contribution in [0.4, 0.5) is 0 Å². The Hall–Kier alpha value is -2.30. The highest BCUT2D eigenvalue weighted by atomic mass is 32.1. The highest BCUT2D eigenvalue weighted by molar-refractivity contribution is 7.33. The molecule has 0 unspecified atom stereocenters. The summed E-state index contributed by atoms with van der Waals surface area (Å²) in [6.45, 7) is 57.9. The second kappa shape index (κ2) is 27.0. The Bertz CT molecular complexity index is 3730. The summed E-state index contributed by atoms with van der Waals surface area (Å²) in [4.78, 5) is 34.8. The molecule has 0 aliphatic carbocycles. The van der Waals surface area contributed by atoms with Crippen molar-refractivity contribution in [3.63, 3.8) is 0 Å². The van der Waals surface area contributed by atoms with Crippen molar-refractivity contribution >= 4 is 216 Å². The van der Waals surface area contributed by atoms with Crippen LogP contribution in [0.2, 0.25) is 118 Å². The summed E-state index contributed by atoms with van der Waals surface area (Å²) in [7, 11) is -8.61. The lowest BCUT2D eigenvalue weighted by atomic mass is 10.3. The van der Waals surface area contributed by atoms with Crippen LogP contribution in [0.1, 0.15) is 29.3 Å². The molecule has 0 aliphatic heterocycles. The lowest BCUT2D eigenvalue weighted by molar-refractivity contribution is 1.64. The van der Waals surface area contributed by atoms with Crippen molar-refractivity contribution < 1.29 is 0 Å². The largest absolute Gasteiger partial charge is 0.140 e. The molecule has 0 bridgehead atoms. The fourth-order valence-electron chi connectivity index (χ4n) is 10.9. The van der Waals surface area contributed by atoms with Gasteiger partial charge in [-0.1, -0.05) is 118 Å². The Kier molecular flexibility index (Phi) is 21.1. The van der Waals surface area contributed by atoms with Crippen LogP contribution in [0.3, 0.4) is 0 Å². The van der Waals surface area contributed by atoms with Crippen molar-refractivity contribution in [1.29, 1.82) is 0 Å². The van der Waals surface area contributed by atoms with Crippen molar-refractivity contribution in [2.75, 3.05) is 0 Å². The molecule has 0 N–H and O–H groups in total. The minimum atomic E-state index is -1.44. The summed E-state index contributed by atoms with van der Waals surface area (Å²) in [6.07, 6.45) is 0. The topological polar surface area (TPSA) is 0 Å². The third-order valence-corrected chi connectivity index (χ3v) is 43.4. The fourth-order valence-corrected chi connectivity index (χ4v) is 39.4. The van der Waals surface area contributed by atoms with E-state index in [1.54, 1.807) is 31.1 Å². The number of hydrogen-bond donors (Lipinski definition) is 0. The summed E-state index contributed by atoms with van der Waals surface area (Å²) in [5.41, 5.74) is 0. The number of aryl methyl sites for hydroxylation is 6. The van der Waals surface area contributed by atoms with E-state index in [4.69, 9.17) is 0 Å². The van der Waals surface area contributed by atoms with Gasteiger partial charge in [0.1, 0.15) is 0 Å². The third kappa shape index (κ3) is 16.1. The SMILES string of the molecule is Cc1ccc(-c2sc(-c3cc([Si](C)(C)C)c(-c4ccc(C)s4)s3)cc2[Si](C)(C)C)s1.Cc1ccc(-c2sc(-c3cc([Si](C)(C)C)c(-c4ccc(C)s4)s3)cc2[Si](C)(C)C)s1.Cc1ccc(-c2sc(-c3cc([Si](C)(C)C)c(-c4ccc(C)s4)s3)cc2[Si](C)(C)C)s1. The summed E-state index contributed by atoms with van der Waals surface area (Å²) in [5.74, 6) is 0. The number of hydrogen-bond acceptors (Lipinski definition) is 12. The van der Waals surface area contributed by atoms with E-state index in [-0.39, 0.29) is 0 Å². The van der Waals surface area contributed by atoms with Crippen molar-refractivity contribution in [3.8, 4) is 87.8 Å². The number of rotatable bonds is 15. The van der Waals surface area contributed by atoms with Gasteiger partial charge in [0.25, 0.3) is 0 Å². The van der Waals surface area contributed by atoms with E-state index in [2.05, 4.69) is 269 Å². The average molecular weight is 1510 g/mol. The predicted octanol–water partition coefficient (Wildman–Crippen LogP) is 25.9. The Morgan fingerprint density at radius 3 is 0.378 bits per heavy atom. The zero-order chi connectivity index (χ0) is 65.5. The standard InChI is InChI=1S/3C24H30S4Si2/c3*1-15-9-11-17(25-15)23-21(29(3,4)5)13-19(27-23)20-14-22(30(6,7)8)24(28-20)18-12-10-16(2)26-18/h3*9-14H,1-8H3. The Labute approximate surface area is 594 Å². The van der Waals surface area contributed by atoms with Crippen LogP contribution in [0, 0.1) is 41.5 Å². The van der Waals surface area contributed by atoms with E-state index < -0.39 is 48.4 Å². The first-order valence-electron chi connectivity index (χ1n) is 31.1. The monoisotopic (exact) mass is 1510 g/mol. The predicted molar refractivity (Wildman–Crippen MR) is 449 cm³/mol. The second-order valence-corrected chi connectivity index (χ2v) is 74.4. The minimum Gasteiger partial charge on any atom is -0.140 e. The van der Waals surface area contributed by atoms with Crippen molar-refractivity contribution in [3.05, 3.63) is 138 Å². The Morgan fingerprint density at radius 1 is 0.167 bits per heavy atom. The molecular weight excluding hydrogens is 1420 g/mol. The summed E-state index contributed by atoms with van der Waals surface area (Å²) in [6, 6.07) is 42.7. The van der Waals surface area contributed by atoms with Crippen LogP contribution in [-0.4, -0.2) is 48.4 Å². The molecule has 12 heterocycles. The third-order valence-electron chi connectivity index (χ3n) is 15.8. The smallest absolute Gasteiger partial charge is 0.0795 e. The lowest BCUT2D eigenvalue weighted by Crippen LogP contribution is -2.37. The Morgan fingerprint density at radius 2 is 0.289 bits per heavy atom. The summed E-state index contributed by atoms with van der Waals surface area (Å²) < 4.78 is 0. The molecule has 0 aromatic carbocycles. The molecule has 12 aromatic heterocycles. The van der Waals surface area contributed by atoms with E-state index in [1.807, 2.05) is 136 Å². The van der Waals surface area contributed by atoms with E-state index >= 15 is 0 Å². The zero-order valence-electron chi connectivity index (χ0n) is 57.3. The zero-order valence-corrected chi connectivity index (χ0v) is 73.1. The molecule has 0 nitrogen and oxygen atoms in total. The molecule has 90 heavy (non-hydrogen) atoms. The maximum atomic E-state index is 2.53. The first kappa shape index (κ1) is 70.5. The fraction of sp³-hybridized carbons (Fsp3) is 0.333. The van der Waals surface area contributed by atoms with Gasteiger partial charge in [-0.2, -0.15) is 0 Å². The number of thiophene rings is 12. The van der Waals surface area contributed by atoms with Gasteiger partial charge in [0, 0.05) is 117 Å². The molecule has 474 valence electrons. The van der Waals surface area contributed by atoms with Gasteiger partial charge in [-0.05, 0) is 182 Å². The molecule has 0 amide bonds. The van der Waals surface area contributed by atoms with Crippen LogP contribution >= 0.6 is 136 Å². The van der Waals surface area contributed by atoms with Crippen molar-refractivity contribution in [2.45, 2.75) is 159 Å². The minimum absolute atomic E-state index is 1.40. The van der Waals surface area contributed by atoms with Gasteiger partial charge < -0.3 is 0 Å². The molecular formula is C72H90S12Si6. The van der Waals surface area contributed by atoms with Gasteiger partial charge in [-0.25, -0.2) is 0 Å². The van der Waals surface area contributed by atoms with E-state index in [0.717, 1.165) is 0 Å². The van der Waals surface area contributed by atoms with E-state index in [9.17, 15) is 0 Å². The summed E-state index contributed by atoms with van der Waals surface area (Å²) >= 11 is 23.7. The van der Waals surface area contributed by atoms with Crippen LogP contribution < -0.4 is 31.1 Å². The quantitative estimate of drug-likeness (QED) is 0.0898. The molecule has 12 aromatic rings. The van der Waals surface area contributed by atoms with Gasteiger partial charge >= 0.3 is 0 Å². The van der Waals surface area contributed by atoms with Crippen LogP contribution in [0.25, 0.3) is 87.8 Å². The first-order valence-corrected chi connectivity index (χ1v) is 61.9.